The number of nitrogens with two attached hydrogens (primary N) is 1. The second-order valence-electron chi connectivity index (χ2n) is 6.28. The summed E-state index contributed by atoms with van der Waals surface area (Å²) < 4.78 is 0. The lowest BCUT2D eigenvalue weighted by Gasteiger charge is -2.34. The monoisotopic (exact) mass is 314 g/mol. The van der Waals surface area contributed by atoms with E-state index < -0.39 is 0 Å². The van der Waals surface area contributed by atoms with E-state index in [9.17, 15) is 4.79 Å². The Morgan fingerprint density at radius 2 is 1.90 bits per heavy atom. The Labute approximate surface area is 129 Å². The van der Waals surface area contributed by atoms with Crippen molar-refractivity contribution in [3.8, 4) is 0 Å². The molecule has 1 saturated carbocycles. The molecule has 20 heavy (non-hydrogen) atoms. The van der Waals surface area contributed by atoms with Gasteiger partial charge in [-0.25, -0.2) is 0 Å². The van der Waals surface area contributed by atoms with Gasteiger partial charge in [-0.15, -0.1) is 0 Å². The summed E-state index contributed by atoms with van der Waals surface area (Å²) in [5.41, 5.74) is 6.87. The molecule has 0 spiro atoms. The van der Waals surface area contributed by atoms with Crippen molar-refractivity contribution in [1.29, 1.82) is 0 Å². The summed E-state index contributed by atoms with van der Waals surface area (Å²) in [6, 6.07) is 3.31. The van der Waals surface area contributed by atoms with Crippen molar-refractivity contribution in [3.63, 3.8) is 0 Å². The smallest absolute Gasteiger partial charge is 0.253 e. The summed E-state index contributed by atoms with van der Waals surface area (Å²) in [6.45, 7) is 4.53. The van der Waals surface area contributed by atoms with Crippen molar-refractivity contribution in [2.45, 2.75) is 45.6 Å². The number of nitrogen functional groups attached to an aromatic ring is 1. The van der Waals surface area contributed by atoms with Gasteiger partial charge in [0, 0.05) is 11.7 Å². The van der Waals surface area contributed by atoms with Gasteiger partial charge in [-0.05, 0) is 43.2 Å². The highest BCUT2D eigenvalue weighted by Crippen LogP contribution is 2.35. The summed E-state index contributed by atoms with van der Waals surface area (Å²) in [6.07, 6.45) is 4.21. The summed E-state index contributed by atoms with van der Waals surface area (Å²) >= 11 is 12.0. The Morgan fingerprint density at radius 3 is 2.50 bits per heavy atom. The zero-order valence-corrected chi connectivity index (χ0v) is 13.3. The molecule has 1 aromatic rings. The van der Waals surface area contributed by atoms with E-state index in [4.69, 9.17) is 28.9 Å². The van der Waals surface area contributed by atoms with Gasteiger partial charge in [-0.1, -0.05) is 37.0 Å². The van der Waals surface area contributed by atoms with E-state index in [-0.39, 0.29) is 17.0 Å². The van der Waals surface area contributed by atoms with Crippen LogP contribution in [0.3, 0.4) is 0 Å². The molecule has 0 aliphatic heterocycles. The van der Waals surface area contributed by atoms with Crippen LogP contribution in [0.25, 0.3) is 0 Å². The third-order valence-electron chi connectivity index (χ3n) is 3.97. The van der Waals surface area contributed by atoms with Gasteiger partial charge in [0.1, 0.15) is 0 Å². The average Bonchev–Trinajstić information content (AvgIpc) is 2.36. The molecule has 0 heterocycles. The van der Waals surface area contributed by atoms with Crippen molar-refractivity contribution >= 4 is 34.8 Å². The minimum absolute atomic E-state index is 0.200. The number of rotatable bonds is 2. The van der Waals surface area contributed by atoms with Crippen molar-refractivity contribution in [2.75, 3.05) is 5.73 Å². The molecule has 1 aromatic carbocycles. The highest BCUT2D eigenvalue weighted by atomic mass is 35.5. The molecule has 1 aliphatic rings. The normalized spacial score (nSPS) is 18.8. The predicted molar refractivity (Wildman–Crippen MR) is 84.4 cm³/mol. The van der Waals surface area contributed by atoms with Crippen molar-refractivity contribution < 1.29 is 4.79 Å². The van der Waals surface area contributed by atoms with Crippen LogP contribution in [0, 0.1) is 5.41 Å². The summed E-state index contributed by atoms with van der Waals surface area (Å²) in [5.74, 6) is -0.200. The van der Waals surface area contributed by atoms with Gasteiger partial charge < -0.3 is 11.1 Å². The van der Waals surface area contributed by atoms with E-state index in [0.717, 1.165) is 25.7 Å². The SMILES string of the molecule is CC1(C)CCC(NC(=O)c2cc(N)cc(Cl)c2Cl)CC1. The fourth-order valence-electron chi connectivity index (χ4n) is 2.58. The van der Waals surface area contributed by atoms with Crippen molar-refractivity contribution in [1.82, 2.24) is 5.32 Å². The molecule has 0 radical (unpaired) electrons. The molecule has 0 bridgehead atoms. The molecule has 1 fully saturated rings. The number of carbonyl (C=O) groups excluding carboxylic acids is 1. The molecule has 0 saturated heterocycles. The molecule has 1 aliphatic carbocycles. The van der Waals surface area contributed by atoms with Crippen LogP contribution in [0.1, 0.15) is 49.9 Å². The number of benzene rings is 1. The molecule has 2 rings (SSSR count). The van der Waals surface area contributed by atoms with Crippen LogP contribution in [-0.2, 0) is 0 Å². The third-order valence-corrected chi connectivity index (χ3v) is 4.77. The number of hydrogen-bond acceptors (Lipinski definition) is 2. The molecular weight excluding hydrogens is 295 g/mol. The number of carbonyl (C=O) groups is 1. The van der Waals surface area contributed by atoms with E-state index in [0.29, 0.717) is 21.7 Å². The van der Waals surface area contributed by atoms with Crippen molar-refractivity contribution in [2.24, 2.45) is 5.41 Å². The summed E-state index contributed by atoms with van der Waals surface area (Å²) in [5, 5.41) is 3.60. The van der Waals surface area contributed by atoms with E-state index >= 15 is 0 Å². The lowest BCUT2D eigenvalue weighted by atomic mass is 9.75. The van der Waals surface area contributed by atoms with Crippen LogP contribution in [0.4, 0.5) is 5.69 Å². The number of nitrogens with one attached hydrogen (secondary N) is 1. The first-order valence-electron chi connectivity index (χ1n) is 6.84. The number of hydrogen-bond donors (Lipinski definition) is 2. The summed E-state index contributed by atoms with van der Waals surface area (Å²) in [7, 11) is 0. The largest absolute Gasteiger partial charge is 0.399 e. The first kappa shape index (κ1) is 15.5. The number of halogens is 2. The Hall–Kier alpha value is -0.930. The molecule has 3 N–H and O–H groups in total. The maximum absolute atomic E-state index is 12.3. The van der Waals surface area contributed by atoms with E-state index in [1.807, 2.05) is 0 Å². The van der Waals surface area contributed by atoms with Crippen LogP contribution in [0.5, 0.6) is 0 Å². The van der Waals surface area contributed by atoms with Crippen LogP contribution < -0.4 is 11.1 Å². The van der Waals surface area contributed by atoms with Gasteiger partial charge in [0.05, 0.1) is 15.6 Å². The zero-order chi connectivity index (χ0) is 14.9. The Morgan fingerprint density at radius 1 is 1.30 bits per heavy atom. The Bertz CT molecular complexity index is 519. The fourth-order valence-corrected chi connectivity index (χ4v) is 3.00. The van der Waals surface area contributed by atoms with Crippen LogP contribution in [0.2, 0.25) is 10.0 Å². The molecule has 0 unspecified atom stereocenters. The van der Waals surface area contributed by atoms with Crippen LogP contribution in [-0.4, -0.2) is 11.9 Å². The van der Waals surface area contributed by atoms with Gasteiger partial charge in [0.25, 0.3) is 5.91 Å². The fraction of sp³-hybridized carbons (Fsp3) is 0.533. The second kappa shape index (κ2) is 5.82. The number of amides is 1. The number of anilines is 1. The summed E-state index contributed by atoms with van der Waals surface area (Å²) in [4.78, 5) is 12.3. The Balaban J connectivity index is 2.06. The standard InChI is InChI=1S/C15H20Cl2N2O/c1-15(2)5-3-10(4-6-15)19-14(20)11-7-9(18)8-12(16)13(11)17/h7-8,10H,3-6,18H2,1-2H3,(H,19,20). The lowest BCUT2D eigenvalue weighted by molar-refractivity contribution is 0.0909. The highest BCUT2D eigenvalue weighted by molar-refractivity contribution is 6.44. The highest BCUT2D eigenvalue weighted by Gasteiger charge is 2.28. The maximum Gasteiger partial charge on any atom is 0.253 e. The van der Waals surface area contributed by atoms with Crippen LogP contribution >= 0.6 is 23.2 Å². The van der Waals surface area contributed by atoms with Gasteiger partial charge in [0.15, 0.2) is 0 Å². The van der Waals surface area contributed by atoms with Gasteiger partial charge >= 0.3 is 0 Å². The molecule has 0 atom stereocenters. The van der Waals surface area contributed by atoms with Gasteiger partial charge in [0.2, 0.25) is 0 Å². The molecule has 5 heteroatoms. The van der Waals surface area contributed by atoms with E-state index in [1.165, 1.54) is 0 Å². The second-order valence-corrected chi connectivity index (χ2v) is 7.06. The molecule has 110 valence electrons. The predicted octanol–water partition coefficient (Wildman–Crippen LogP) is 4.27. The quantitative estimate of drug-likeness (QED) is 0.801. The molecule has 0 aromatic heterocycles. The van der Waals surface area contributed by atoms with Crippen molar-refractivity contribution in [3.05, 3.63) is 27.7 Å². The zero-order valence-electron chi connectivity index (χ0n) is 11.8. The van der Waals surface area contributed by atoms with Gasteiger partial charge in [-0.2, -0.15) is 0 Å². The maximum atomic E-state index is 12.3. The van der Waals surface area contributed by atoms with E-state index in [1.54, 1.807) is 12.1 Å². The minimum atomic E-state index is -0.200. The van der Waals surface area contributed by atoms with E-state index in [2.05, 4.69) is 19.2 Å². The van der Waals surface area contributed by atoms with Crippen LogP contribution in [0.15, 0.2) is 12.1 Å². The first-order valence-corrected chi connectivity index (χ1v) is 7.59. The topological polar surface area (TPSA) is 55.1 Å². The Kier molecular flexibility index (Phi) is 4.50. The third kappa shape index (κ3) is 3.58. The average molecular weight is 315 g/mol. The lowest BCUT2D eigenvalue weighted by Crippen LogP contribution is -2.39. The van der Waals surface area contributed by atoms with Gasteiger partial charge in [-0.3, -0.25) is 4.79 Å². The molecule has 1 amide bonds. The molecular formula is C15H20Cl2N2O. The minimum Gasteiger partial charge on any atom is -0.399 e. The molecule has 3 nitrogen and oxygen atoms in total. The first-order chi connectivity index (χ1) is 9.28.